The maximum atomic E-state index is 12.6. The van der Waals surface area contributed by atoms with E-state index in [0.29, 0.717) is 24.6 Å². The molecule has 2 saturated heterocycles. The Morgan fingerprint density at radius 1 is 1.22 bits per heavy atom. The van der Waals surface area contributed by atoms with Crippen molar-refractivity contribution in [1.29, 1.82) is 0 Å². The molecular formula is C20H30N4O3. The molecule has 4 rings (SSSR count). The summed E-state index contributed by atoms with van der Waals surface area (Å²) in [6.45, 7) is 5.91. The third-order valence-corrected chi connectivity index (χ3v) is 6.11. The third kappa shape index (κ3) is 4.51. The van der Waals surface area contributed by atoms with Crippen molar-refractivity contribution in [3.8, 4) is 0 Å². The predicted octanol–water partition coefficient (Wildman–Crippen LogP) is 2.15. The number of hydrogen-bond donors (Lipinski definition) is 1. The number of nitrogens with zero attached hydrogens (tertiary/aromatic N) is 3. The van der Waals surface area contributed by atoms with Crippen LogP contribution in [0.15, 0.2) is 10.6 Å². The zero-order valence-electron chi connectivity index (χ0n) is 16.2. The molecule has 0 spiro atoms. The van der Waals surface area contributed by atoms with Crippen molar-refractivity contribution in [2.75, 3.05) is 26.2 Å². The summed E-state index contributed by atoms with van der Waals surface area (Å²) in [5.74, 6) is 1.35. The largest absolute Gasteiger partial charge is 0.360 e. The van der Waals surface area contributed by atoms with Gasteiger partial charge in [-0.2, -0.15) is 0 Å². The first-order valence-electron chi connectivity index (χ1n) is 10.4. The van der Waals surface area contributed by atoms with Gasteiger partial charge in [0.2, 0.25) is 5.91 Å². The molecule has 27 heavy (non-hydrogen) atoms. The van der Waals surface area contributed by atoms with Crippen LogP contribution in [0.4, 0.5) is 0 Å². The smallest absolute Gasteiger partial charge is 0.273 e. The number of carbonyl (C=O) groups is 2. The molecule has 0 radical (unpaired) electrons. The van der Waals surface area contributed by atoms with Crippen molar-refractivity contribution in [2.45, 2.75) is 69.9 Å². The van der Waals surface area contributed by atoms with Crippen LogP contribution in [0.3, 0.4) is 0 Å². The van der Waals surface area contributed by atoms with Crippen LogP contribution in [0.2, 0.25) is 0 Å². The molecule has 3 heterocycles. The Labute approximate surface area is 160 Å². The summed E-state index contributed by atoms with van der Waals surface area (Å²) in [5, 5.41) is 6.98. The number of nitrogens with one attached hydrogen (secondary N) is 1. The van der Waals surface area contributed by atoms with E-state index in [2.05, 4.69) is 22.3 Å². The van der Waals surface area contributed by atoms with E-state index in [0.717, 1.165) is 51.1 Å². The minimum atomic E-state index is -0.170. The van der Waals surface area contributed by atoms with Gasteiger partial charge in [-0.05, 0) is 58.5 Å². The van der Waals surface area contributed by atoms with Gasteiger partial charge in [0, 0.05) is 43.6 Å². The van der Waals surface area contributed by atoms with Crippen LogP contribution >= 0.6 is 0 Å². The second-order valence-electron chi connectivity index (χ2n) is 8.32. The van der Waals surface area contributed by atoms with E-state index in [1.54, 1.807) is 6.07 Å². The molecule has 7 heteroatoms. The summed E-state index contributed by atoms with van der Waals surface area (Å²) < 4.78 is 5.27. The lowest BCUT2D eigenvalue weighted by Crippen LogP contribution is -2.51. The number of amides is 2. The van der Waals surface area contributed by atoms with Crippen molar-refractivity contribution < 1.29 is 14.1 Å². The summed E-state index contributed by atoms with van der Waals surface area (Å²) in [5.41, 5.74) is 0.369. The monoisotopic (exact) mass is 374 g/mol. The van der Waals surface area contributed by atoms with Gasteiger partial charge in [0.25, 0.3) is 5.91 Å². The number of aromatic nitrogens is 1. The summed E-state index contributed by atoms with van der Waals surface area (Å²) in [6, 6.07) is 2.00. The lowest BCUT2D eigenvalue weighted by Gasteiger charge is -2.38. The average molecular weight is 374 g/mol. The van der Waals surface area contributed by atoms with E-state index in [1.807, 2.05) is 4.90 Å². The number of rotatable bonds is 6. The van der Waals surface area contributed by atoms with E-state index in [-0.39, 0.29) is 23.9 Å². The molecular weight excluding hydrogens is 344 g/mol. The molecule has 1 unspecified atom stereocenters. The van der Waals surface area contributed by atoms with Crippen molar-refractivity contribution in [1.82, 2.24) is 20.3 Å². The summed E-state index contributed by atoms with van der Waals surface area (Å²) in [6.07, 6.45) is 6.93. The first kappa shape index (κ1) is 18.5. The Morgan fingerprint density at radius 2 is 2.00 bits per heavy atom. The summed E-state index contributed by atoms with van der Waals surface area (Å²) >= 11 is 0. The Morgan fingerprint density at radius 3 is 2.70 bits per heavy atom. The van der Waals surface area contributed by atoms with Crippen LogP contribution in [0, 0.1) is 0 Å². The number of likely N-dealkylation sites (tertiary alicyclic amines) is 2. The quantitative estimate of drug-likeness (QED) is 0.825. The topological polar surface area (TPSA) is 78.7 Å². The van der Waals surface area contributed by atoms with E-state index in [1.165, 1.54) is 12.8 Å². The fourth-order valence-electron chi connectivity index (χ4n) is 4.29. The minimum Gasteiger partial charge on any atom is -0.360 e. The first-order chi connectivity index (χ1) is 13.1. The molecule has 148 valence electrons. The summed E-state index contributed by atoms with van der Waals surface area (Å²) in [7, 11) is 0. The van der Waals surface area contributed by atoms with Gasteiger partial charge in [-0.1, -0.05) is 5.16 Å². The molecule has 3 aliphatic rings. The second-order valence-corrected chi connectivity index (χ2v) is 8.32. The van der Waals surface area contributed by atoms with Gasteiger partial charge in [0.1, 0.15) is 5.76 Å². The standard InChI is InChI=1S/C20H30N4O3/c1-14-12-16(21-20(26)17-13-18(27-22-17)15-4-5-15)6-11-24(14)19(25)7-10-23-8-2-3-9-23/h13-16H,2-12H2,1H3,(H,21,26)/t14-,16?/m1/s1. The van der Waals surface area contributed by atoms with E-state index in [4.69, 9.17) is 4.52 Å². The van der Waals surface area contributed by atoms with Gasteiger partial charge in [-0.3, -0.25) is 9.59 Å². The fourth-order valence-corrected chi connectivity index (χ4v) is 4.29. The van der Waals surface area contributed by atoms with Gasteiger partial charge in [-0.25, -0.2) is 0 Å². The molecule has 3 fully saturated rings. The molecule has 1 aromatic rings. The van der Waals surface area contributed by atoms with Gasteiger partial charge >= 0.3 is 0 Å². The van der Waals surface area contributed by atoms with Gasteiger partial charge in [0.05, 0.1) is 0 Å². The average Bonchev–Trinajstić information content (AvgIpc) is 3.17. The molecule has 1 aliphatic carbocycles. The number of hydrogen-bond acceptors (Lipinski definition) is 5. The fraction of sp³-hybridized carbons (Fsp3) is 0.750. The van der Waals surface area contributed by atoms with Crippen LogP contribution < -0.4 is 5.32 Å². The Kier molecular flexibility index (Phi) is 5.48. The molecule has 1 N–H and O–H groups in total. The van der Waals surface area contributed by atoms with Crippen LogP contribution in [0.5, 0.6) is 0 Å². The third-order valence-electron chi connectivity index (χ3n) is 6.11. The van der Waals surface area contributed by atoms with E-state index < -0.39 is 0 Å². The molecule has 2 atom stereocenters. The van der Waals surface area contributed by atoms with Crippen LogP contribution in [-0.4, -0.2) is 65.0 Å². The SMILES string of the molecule is C[C@@H]1CC(NC(=O)c2cc(C3CC3)on2)CCN1C(=O)CCN1CCCC1. The van der Waals surface area contributed by atoms with Crippen molar-refractivity contribution >= 4 is 11.8 Å². The number of carbonyl (C=O) groups excluding carboxylic acids is 2. The molecule has 2 aliphatic heterocycles. The highest BCUT2D eigenvalue weighted by Gasteiger charge is 2.32. The maximum Gasteiger partial charge on any atom is 0.273 e. The first-order valence-corrected chi connectivity index (χ1v) is 10.4. The highest BCUT2D eigenvalue weighted by Crippen LogP contribution is 2.40. The molecule has 2 amide bonds. The van der Waals surface area contributed by atoms with Gasteiger partial charge in [0.15, 0.2) is 5.69 Å². The Bertz CT molecular complexity index is 679. The van der Waals surface area contributed by atoms with Gasteiger partial charge < -0.3 is 19.6 Å². The van der Waals surface area contributed by atoms with Gasteiger partial charge in [-0.15, -0.1) is 0 Å². The molecule has 0 aromatic carbocycles. The van der Waals surface area contributed by atoms with Crippen LogP contribution in [0.1, 0.15) is 74.0 Å². The van der Waals surface area contributed by atoms with Crippen molar-refractivity contribution in [3.63, 3.8) is 0 Å². The maximum absolute atomic E-state index is 12.6. The Hall–Kier alpha value is -1.89. The lowest BCUT2D eigenvalue weighted by molar-refractivity contribution is -0.135. The zero-order chi connectivity index (χ0) is 18.8. The zero-order valence-corrected chi connectivity index (χ0v) is 16.2. The van der Waals surface area contributed by atoms with Crippen molar-refractivity contribution in [2.24, 2.45) is 0 Å². The normalized spacial score (nSPS) is 26.3. The molecule has 1 saturated carbocycles. The molecule has 1 aromatic heterocycles. The highest BCUT2D eigenvalue weighted by molar-refractivity contribution is 5.92. The number of piperidine rings is 1. The Balaban J connectivity index is 1.23. The van der Waals surface area contributed by atoms with E-state index >= 15 is 0 Å². The molecule has 0 bridgehead atoms. The second kappa shape index (κ2) is 8.00. The van der Waals surface area contributed by atoms with E-state index in [9.17, 15) is 9.59 Å². The lowest BCUT2D eigenvalue weighted by atomic mass is 9.97. The highest BCUT2D eigenvalue weighted by atomic mass is 16.5. The predicted molar refractivity (Wildman–Crippen MR) is 100 cm³/mol. The summed E-state index contributed by atoms with van der Waals surface area (Å²) in [4.78, 5) is 29.4. The van der Waals surface area contributed by atoms with Crippen LogP contribution in [0.25, 0.3) is 0 Å². The molecule has 7 nitrogen and oxygen atoms in total. The van der Waals surface area contributed by atoms with Crippen molar-refractivity contribution in [3.05, 3.63) is 17.5 Å². The minimum absolute atomic E-state index is 0.0798. The van der Waals surface area contributed by atoms with Crippen LogP contribution in [-0.2, 0) is 4.79 Å².